The summed E-state index contributed by atoms with van der Waals surface area (Å²) in [5.74, 6) is -0.278. The summed E-state index contributed by atoms with van der Waals surface area (Å²) >= 11 is 1.54. The zero-order chi connectivity index (χ0) is 21.1. The Labute approximate surface area is 172 Å². The van der Waals surface area contributed by atoms with Crippen molar-refractivity contribution in [2.24, 2.45) is 5.73 Å². The predicted molar refractivity (Wildman–Crippen MR) is 120 cm³/mol. The molecule has 1 heterocycles. The van der Waals surface area contributed by atoms with Crippen LogP contribution in [0.2, 0.25) is 0 Å². The van der Waals surface area contributed by atoms with Crippen LogP contribution < -0.4 is 15.8 Å². The number of hydrogen-bond donors (Lipinski definition) is 4. The second-order valence-corrected chi connectivity index (χ2v) is 6.87. The molecule has 28 heavy (non-hydrogen) atoms. The molecule has 0 amide bonds. The summed E-state index contributed by atoms with van der Waals surface area (Å²) in [6.45, 7) is 12.8. The Bertz CT molecular complexity index is 759. The van der Waals surface area contributed by atoms with Crippen LogP contribution >= 0.6 is 11.9 Å². The molecule has 0 bridgehead atoms. The summed E-state index contributed by atoms with van der Waals surface area (Å²) in [5, 5.41) is 12.0. The van der Waals surface area contributed by atoms with Crippen LogP contribution in [0, 0.1) is 5.41 Å². The van der Waals surface area contributed by atoms with E-state index in [1.54, 1.807) is 42.1 Å². The van der Waals surface area contributed by atoms with Crippen LogP contribution in [0.15, 0.2) is 83.8 Å². The van der Waals surface area contributed by atoms with Gasteiger partial charge in [0.25, 0.3) is 0 Å². The van der Waals surface area contributed by atoms with Crippen LogP contribution in [-0.4, -0.2) is 36.5 Å². The molecule has 0 radical (unpaired) electrons. The third-order valence-electron chi connectivity index (χ3n) is 3.93. The lowest BCUT2D eigenvalue weighted by atomic mass is 10.0. The molecule has 152 valence electrons. The van der Waals surface area contributed by atoms with Crippen LogP contribution in [0.5, 0.6) is 0 Å². The zero-order valence-electron chi connectivity index (χ0n) is 16.8. The molecular weight excluding hydrogens is 373 g/mol. The molecule has 0 fully saturated rings. The highest BCUT2D eigenvalue weighted by Crippen LogP contribution is 2.22. The van der Waals surface area contributed by atoms with Gasteiger partial charge in [-0.15, -0.1) is 0 Å². The minimum absolute atomic E-state index is 0.0368. The van der Waals surface area contributed by atoms with Gasteiger partial charge in [0.15, 0.2) is 0 Å². The summed E-state index contributed by atoms with van der Waals surface area (Å²) in [6.07, 6.45) is 11.8. The second kappa shape index (κ2) is 12.0. The Balaban J connectivity index is 3.27. The lowest BCUT2D eigenvalue weighted by molar-refractivity contribution is 0.446. The molecule has 5 nitrogen and oxygen atoms in total. The fourth-order valence-electron chi connectivity index (χ4n) is 2.61. The Kier molecular flexibility index (Phi) is 10.1. The van der Waals surface area contributed by atoms with Crippen molar-refractivity contribution in [3.05, 3.63) is 83.8 Å². The molecule has 1 rings (SSSR count). The van der Waals surface area contributed by atoms with Gasteiger partial charge < -0.3 is 16.0 Å². The van der Waals surface area contributed by atoms with E-state index in [0.717, 1.165) is 23.4 Å². The van der Waals surface area contributed by atoms with Crippen LogP contribution in [0.25, 0.3) is 0 Å². The summed E-state index contributed by atoms with van der Waals surface area (Å²) in [7, 11) is 0. The van der Waals surface area contributed by atoms with Gasteiger partial charge in [0.05, 0.1) is 18.0 Å². The van der Waals surface area contributed by atoms with Crippen LogP contribution in [-0.2, 0) is 0 Å². The molecular formula is C21H30FN5S. The minimum atomic E-state index is -0.278. The monoisotopic (exact) mass is 403 g/mol. The molecule has 0 spiro atoms. The molecule has 0 aromatic rings. The molecule has 0 unspecified atom stereocenters. The van der Waals surface area contributed by atoms with Crippen LogP contribution in [0.1, 0.15) is 13.8 Å². The molecule has 0 aromatic heterocycles. The standard InChI is InChI=1S/C21H30FN5S/c1-6-15(3)11-19(25-8-9-26-28-5)18(7-2)21(24)20(12-23)27-13-16(4)10-17(22)14-27/h6-7,10-13,24-26H,1-2,8-9,14,23H2,3-5H3/b15-11+,19-18-,20-12-,24-21?. The number of nitrogens with zero attached hydrogens (tertiary/aromatic N) is 1. The molecule has 1 aliphatic rings. The summed E-state index contributed by atoms with van der Waals surface area (Å²) in [5.41, 5.74) is 9.38. The van der Waals surface area contributed by atoms with Crippen molar-refractivity contribution in [1.29, 1.82) is 5.41 Å². The highest BCUT2D eigenvalue weighted by atomic mass is 32.2. The first-order chi connectivity index (χ1) is 13.4. The van der Waals surface area contributed by atoms with E-state index < -0.39 is 0 Å². The minimum Gasteiger partial charge on any atom is -0.403 e. The predicted octanol–water partition coefficient (Wildman–Crippen LogP) is 3.91. The second-order valence-electron chi connectivity index (χ2n) is 6.17. The average molecular weight is 404 g/mol. The molecule has 0 aromatic carbocycles. The third-order valence-corrected chi connectivity index (χ3v) is 4.43. The van der Waals surface area contributed by atoms with E-state index in [1.807, 2.05) is 19.3 Å². The molecule has 0 aliphatic carbocycles. The summed E-state index contributed by atoms with van der Waals surface area (Å²) < 4.78 is 17.1. The quantitative estimate of drug-likeness (QED) is 0.182. The number of nitrogens with two attached hydrogens (primary N) is 1. The molecule has 7 heteroatoms. The van der Waals surface area contributed by atoms with Crippen molar-refractivity contribution in [3.8, 4) is 0 Å². The Morgan fingerprint density at radius 3 is 2.64 bits per heavy atom. The average Bonchev–Trinajstić information content (AvgIpc) is 2.65. The van der Waals surface area contributed by atoms with Gasteiger partial charge in [0.1, 0.15) is 5.83 Å². The summed E-state index contributed by atoms with van der Waals surface area (Å²) in [6, 6.07) is 0. The van der Waals surface area contributed by atoms with Gasteiger partial charge in [-0.1, -0.05) is 37.3 Å². The number of halogens is 1. The van der Waals surface area contributed by atoms with Gasteiger partial charge in [-0.3, -0.25) is 10.1 Å². The SMILES string of the molecule is C=C/C(C(=N)/C(=C/N)N1C=C(C)C=C(F)C1)=C(\C=C(/C)C=C)NCCNSC. The Morgan fingerprint density at radius 2 is 2.11 bits per heavy atom. The topological polar surface area (TPSA) is 77.2 Å². The first-order valence-electron chi connectivity index (χ1n) is 8.87. The Morgan fingerprint density at radius 1 is 1.39 bits per heavy atom. The van der Waals surface area contributed by atoms with E-state index in [0.29, 0.717) is 17.8 Å². The molecule has 0 saturated heterocycles. The smallest absolute Gasteiger partial charge is 0.120 e. The number of hydrogen-bond acceptors (Lipinski definition) is 6. The van der Waals surface area contributed by atoms with Crippen molar-refractivity contribution < 1.29 is 4.39 Å². The van der Waals surface area contributed by atoms with Gasteiger partial charge in [-0.05, 0) is 43.4 Å². The molecule has 1 aliphatic heterocycles. The third kappa shape index (κ3) is 6.90. The zero-order valence-corrected chi connectivity index (χ0v) is 17.6. The van der Waals surface area contributed by atoms with E-state index in [9.17, 15) is 4.39 Å². The fourth-order valence-corrected chi connectivity index (χ4v) is 2.91. The highest BCUT2D eigenvalue weighted by molar-refractivity contribution is 7.96. The van der Waals surface area contributed by atoms with E-state index in [1.165, 1.54) is 12.3 Å². The molecule has 0 atom stereocenters. The van der Waals surface area contributed by atoms with Crippen LogP contribution in [0.3, 0.4) is 0 Å². The first-order valence-corrected chi connectivity index (χ1v) is 10.1. The van der Waals surface area contributed by atoms with Gasteiger partial charge in [0, 0.05) is 36.8 Å². The van der Waals surface area contributed by atoms with E-state index in [2.05, 4.69) is 23.2 Å². The highest BCUT2D eigenvalue weighted by Gasteiger charge is 2.20. The lowest BCUT2D eigenvalue weighted by Crippen LogP contribution is -2.30. The molecule has 0 saturated carbocycles. The van der Waals surface area contributed by atoms with Crippen molar-refractivity contribution >= 4 is 17.7 Å². The maximum atomic E-state index is 13.9. The normalized spacial score (nSPS) is 16.1. The van der Waals surface area contributed by atoms with Gasteiger partial charge >= 0.3 is 0 Å². The van der Waals surface area contributed by atoms with E-state index in [-0.39, 0.29) is 18.1 Å². The number of rotatable bonds is 11. The fraction of sp³-hybridized carbons (Fsp3) is 0.286. The van der Waals surface area contributed by atoms with Gasteiger partial charge in [-0.2, -0.15) is 0 Å². The maximum absolute atomic E-state index is 13.9. The number of nitrogens with one attached hydrogen (secondary N) is 3. The van der Waals surface area contributed by atoms with Crippen molar-refractivity contribution in [2.45, 2.75) is 13.8 Å². The van der Waals surface area contributed by atoms with Crippen LogP contribution in [0.4, 0.5) is 4.39 Å². The van der Waals surface area contributed by atoms with Gasteiger partial charge in [0.2, 0.25) is 0 Å². The van der Waals surface area contributed by atoms with Crippen molar-refractivity contribution in [1.82, 2.24) is 14.9 Å². The van der Waals surface area contributed by atoms with Gasteiger partial charge in [-0.25, -0.2) is 4.39 Å². The molecule has 5 N–H and O–H groups in total. The van der Waals surface area contributed by atoms with E-state index >= 15 is 0 Å². The largest absolute Gasteiger partial charge is 0.403 e. The summed E-state index contributed by atoms with van der Waals surface area (Å²) in [4.78, 5) is 1.63. The van der Waals surface area contributed by atoms with Crippen molar-refractivity contribution in [3.63, 3.8) is 0 Å². The number of allylic oxidation sites excluding steroid dienone is 7. The van der Waals surface area contributed by atoms with Crippen molar-refractivity contribution in [2.75, 3.05) is 25.9 Å². The maximum Gasteiger partial charge on any atom is 0.120 e. The lowest BCUT2D eigenvalue weighted by Gasteiger charge is -2.27. The van der Waals surface area contributed by atoms with E-state index in [4.69, 9.17) is 11.1 Å². The first kappa shape index (κ1) is 23.5. The Hall–Kier alpha value is -2.51.